The Morgan fingerprint density at radius 2 is 1.52 bits per heavy atom. The van der Waals surface area contributed by atoms with Gasteiger partial charge in [0.25, 0.3) is 0 Å². The summed E-state index contributed by atoms with van der Waals surface area (Å²) in [6.45, 7) is 4.02. The molecule has 5 heteroatoms. The minimum atomic E-state index is -0.406. The second-order valence-corrected chi connectivity index (χ2v) is 6.05. The number of anilines is 1. The van der Waals surface area contributed by atoms with Crippen molar-refractivity contribution in [3.05, 3.63) is 59.7 Å². The van der Waals surface area contributed by atoms with Gasteiger partial charge >= 0.3 is 5.97 Å². The lowest BCUT2D eigenvalue weighted by atomic mass is 9.87. The number of nitrogens with one attached hydrogen (secondary N) is 1. The molecule has 2 aromatic rings. The number of ether oxygens (including phenoxy) is 2. The molecule has 0 bridgehead atoms. The standard InChI is InChI=1S/C20H23NO4/c1-13(2)18(14-7-11-17(24-3)12-8-14)19(22)21-16-9-5-15(6-10-16)20(23)25-4/h5-13,18H,1-4H3,(H,21,22). The van der Waals surface area contributed by atoms with E-state index >= 15 is 0 Å². The highest BCUT2D eigenvalue weighted by Crippen LogP contribution is 2.28. The van der Waals surface area contributed by atoms with E-state index in [4.69, 9.17) is 4.74 Å². The molecule has 0 aliphatic carbocycles. The Morgan fingerprint density at radius 3 is 2.00 bits per heavy atom. The molecule has 0 saturated carbocycles. The lowest BCUT2D eigenvalue weighted by Gasteiger charge is -2.21. The van der Waals surface area contributed by atoms with Gasteiger partial charge in [-0.1, -0.05) is 26.0 Å². The van der Waals surface area contributed by atoms with Crippen molar-refractivity contribution in [1.29, 1.82) is 0 Å². The van der Waals surface area contributed by atoms with E-state index < -0.39 is 5.97 Å². The van der Waals surface area contributed by atoms with Crippen LogP contribution in [0.2, 0.25) is 0 Å². The van der Waals surface area contributed by atoms with Crippen LogP contribution in [-0.2, 0) is 9.53 Å². The topological polar surface area (TPSA) is 64.6 Å². The average molecular weight is 341 g/mol. The predicted octanol–water partition coefficient (Wildman–Crippen LogP) is 3.86. The van der Waals surface area contributed by atoms with Crippen LogP contribution in [0.3, 0.4) is 0 Å². The fraction of sp³-hybridized carbons (Fsp3) is 0.300. The van der Waals surface area contributed by atoms with E-state index in [0.717, 1.165) is 11.3 Å². The average Bonchev–Trinajstić information content (AvgIpc) is 2.62. The summed E-state index contributed by atoms with van der Waals surface area (Å²) in [6.07, 6.45) is 0. The molecule has 0 aliphatic rings. The van der Waals surface area contributed by atoms with Gasteiger partial charge in [0.2, 0.25) is 5.91 Å². The first kappa shape index (κ1) is 18.5. The van der Waals surface area contributed by atoms with Crippen molar-refractivity contribution in [1.82, 2.24) is 0 Å². The van der Waals surface area contributed by atoms with Crippen LogP contribution in [0, 0.1) is 5.92 Å². The molecule has 0 fully saturated rings. The number of rotatable bonds is 6. The lowest BCUT2D eigenvalue weighted by Crippen LogP contribution is -2.25. The van der Waals surface area contributed by atoms with Crippen molar-refractivity contribution >= 4 is 17.6 Å². The molecule has 132 valence electrons. The van der Waals surface area contributed by atoms with Crippen molar-refractivity contribution in [3.63, 3.8) is 0 Å². The molecular weight excluding hydrogens is 318 g/mol. The second kappa shape index (κ2) is 8.33. The normalized spacial score (nSPS) is 11.7. The zero-order valence-electron chi connectivity index (χ0n) is 14.9. The number of carbonyl (C=O) groups is 2. The summed E-state index contributed by atoms with van der Waals surface area (Å²) in [7, 11) is 2.94. The summed E-state index contributed by atoms with van der Waals surface area (Å²) in [5, 5.41) is 2.91. The molecular formula is C20H23NO4. The Balaban J connectivity index is 2.16. The molecule has 5 nitrogen and oxygen atoms in total. The number of carbonyl (C=O) groups excluding carboxylic acids is 2. The van der Waals surface area contributed by atoms with Crippen LogP contribution < -0.4 is 10.1 Å². The zero-order valence-corrected chi connectivity index (χ0v) is 14.9. The Kier molecular flexibility index (Phi) is 6.17. The molecule has 0 radical (unpaired) electrons. The monoisotopic (exact) mass is 341 g/mol. The summed E-state index contributed by atoms with van der Waals surface area (Å²) < 4.78 is 9.83. The van der Waals surface area contributed by atoms with E-state index in [2.05, 4.69) is 10.1 Å². The van der Waals surface area contributed by atoms with Crippen LogP contribution in [0.25, 0.3) is 0 Å². The smallest absolute Gasteiger partial charge is 0.337 e. The van der Waals surface area contributed by atoms with Gasteiger partial charge in [-0.3, -0.25) is 4.79 Å². The van der Waals surface area contributed by atoms with Gasteiger partial charge in [0.15, 0.2) is 0 Å². The van der Waals surface area contributed by atoms with Crippen LogP contribution >= 0.6 is 0 Å². The molecule has 0 heterocycles. The zero-order chi connectivity index (χ0) is 18.4. The molecule has 1 amide bonds. The first-order valence-electron chi connectivity index (χ1n) is 8.09. The molecule has 0 saturated heterocycles. The third kappa shape index (κ3) is 4.59. The van der Waals surface area contributed by atoms with Crippen LogP contribution in [0.5, 0.6) is 5.75 Å². The fourth-order valence-corrected chi connectivity index (χ4v) is 2.68. The summed E-state index contributed by atoms with van der Waals surface area (Å²) >= 11 is 0. The first-order valence-corrected chi connectivity index (χ1v) is 8.09. The van der Waals surface area contributed by atoms with Gasteiger partial charge in [0.05, 0.1) is 25.7 Å². The SMILES string of the molecule is COC(=O)c1ccc(NC(=O)C(c2ccc(OC)cc2)C(C)C)cc1. The van der Waals surface area contributed by atoms with E-state index in [9.17, 15) is 9.59 Å². The quantitative estimate of drug-likeness (QED) is 0.810. The van der Waals surface area contributed by atoms with Crippen LogP contribution in [0.1, 0.15) is 35.7 Å². The number of hydrogen-bond donors (Lipinski definition) is 1. The second-order valence-electron chi connectivity index (χ2n) is 6.05. The Morgan fingerprint density at radius 1 is 0.920 bits per heavy atom. The summed E-state index contributed by atoms with van der Waals surface area (Å²) in [5.74, 6) is 0.0983. The lowest BCUT2D eigenvalue weighted by molar-refractivity contribution is -0.118. The van der Waals surface area contributed by atoms with Crippen LogP contribution in [0.15, 0.2) is 48.5 Å². The number of hydrogen-bond acceptors (Lipinski definition) is 4. The first-order chi connectivity index (χ1) is 12.0. The maximum Gasteiger partial charge on any atom is 0.337 e. The van der Waals surface area contributed by atoms with E-state index in [1.807, 2.05) is 38.1 Å². The van der Waals surface area contributed by atoms with E-state index in [0.29, 0.717) is 11.3 Å². The summed E-state index contributed by atoms with van der Waals surface area (Å²) in [5.41, 5.74) is 2.01. The van der Waals surface area contributed by atoms with Gasteiger partial charge < -0.3 is 14.8 Å². The van der Waals surface area contributed by atoms with E-state index in [1.54, 1.807) is 31.4 Å². The Labute approximate surface area is 148 Å². The van der Waals surface area contributed by atoms with E-state index in [-0.39, 0.29) is 17.7 Å². The number of amides is 1. The highest BCUT2D eigenvalue weighted by molar-refractivity contribution is 5.96. The minimum Gasteiger partial charge on any atom is -0.497 e. The molecule has 1 N–H and O–H groups in total. The highest BCUT2D eigenvalue weighted by atomic mass is 16.5. The molecule has 0 spiro atoms. The maximum absolute atomic E-state index is 12.7. The summed E-state index contributed by atoms with van der Waals surface area (Å²) in [4.78, 5) is 24.2. The van der Waals surface area contributed by atoms with Crippen molar-refractivity contribution < 1.29 is 19.1 Å². The van der Waals surface area contributed by atoms with Gasteiger partial charge in [0, 0.05) is 5.69 Å². The maximum atomic E-state index is 12.7. The van der Waals surface area contributed by atoms with Crippen molar-refractivity contribution in [2.75, 3.05) is 19.5 Å². The molecule has 1 unspecified atom stereocenters. The number of benzene rings is 2. The van der Waals surface area contributed by atoms with Crippen molar-refractivity contribution in [2.45, 2.75) is 19.8 Å². The van der Waals surface area contributed by atoms with E-state index in [1.165, 1.54) is 7.11 Å². The third-order valence-corrected chi connectivity index (χ3v) is 4.00. The van der Waals surface area contributed by atoms with Crippen LogP contribution in [-0.4, -0.2) is 26.1 Å². The van der Waals surface area contributed by atoms with Crippen molar-refractivity contribution in [3.8, 4) is 5.75 Å². The van der Waals surface area contributed by atoms with Crippen molar-refractivity contribution in [2.24, 2.45) is 5.92 Å². The molecule has 2 rings (SSSR count). The number of methoxy groups -OCH3 is 2. The Hall–Kier alpha value is -2.82. The molecule has 0 aliphatic heterocycles. The largest absolute Gasteiger partial charge is 0.497 e. The third-order valence-electron chi connectivity index (χ3n) is 4.00. The Bertz CT molecular complexity index is 720. The molecule has 2 aromatic carbocycles. The van der Waals surface area contributed by atoms with Crippen LogP contribution in [0.4, 0.5) is 5.69 Å². The van der Waals surface area contributed by atoms with Gasteiger partial charge in [-0.25, -0.2) is 4.79 Å². The van der Waals surface area contributed by atoms with Gasteiger partial charge in [0.1, 0.15) is 5.75 Å². The highest BCUT2D eigenvalue weighted by Gasteiger charge is 2.24. The van der Waals surface area contributed by atoms with Gasteiger partial charge in [-0.2, -0.15) is 0 Å². The molecule has 25 heavy (non-hydrogen) atoms. The fourth-order valence-electron chi connectivity index (χ4n) is 2.68. The predicted molar refractivity (Wildman–Crippen MR) is 97.0 cm³/mol. The molecule has 0 aromatic heterocycles. The van der Waals surface area contributed by atoms with Gasteiger partial charge in [-0.15, -0.1) is 0 Å². The van der Waals surface area contributed by atoms with Gasteiger partial charge in [-0.05, 0) is 47.9 Å². The summed E-state index contributed by atoms with van der Waals surface area (Å²) in [6, 6.07) is 14.1. The molecule has 1 atom stereocenters. The number of esters is 1. The minimum absolute atomic E-state index is 0.0917.